The topological polar surface area (TPSA) is 35.5 Å². The highest BCUT2D eigenvalue weighted by Gasteiger charge is 2.47. The number of fused-ring (bicyclic) bond motifs is 3. The van der Waals surface area contributed by atoms with Gasteiger partial charge in [0.2, 0.25) is 0 Å². The van der Waals surface area contributed by atoms with Crippen LogP contribution in [0.2, 0.25) is 0 Å². The second-order valence-electron chi connectivity index (χ2n) is 9.00. The fraction of sp³-hybridized carbons (Fsp3) is 0.520. The van der Waals surface area contributed by atoms with Crippen LogP contribution in [0.1, 0.15) is 49.3 Å². The first-order chi connectivity index (χ1) is 13.5. The molecule has 150 valence electrons. The van der Waals surface area contributed by atoms with Crippen LogP contribution in [0.3, 0.4) is 0 Å². The zero-order valence-corrected chi connectivity index (χ0v) is 17.5. The van der Waals surface area contributed by atoms with Gasteiger partial charge in [-0.1, -0.05) is 25.1 Å². The fourth-order valence-corrected chi connectivity index (χ4v) is 5.78. The van der Waals surface area contributed by atoms with E-state index in [9.17, 15) is 5.11 Å². The third kappa shape index (κ3) is 3.53. The van der Waals surface area contributed by atoms with Crippen molar-refractivity contribution < 1.29 is 5.11 Å². The molecular formula is C25H34N2O. The molecule has 3 atom stereocenters. The predicted molar refractivity (Wildman–Crippen MR) is 117 cm³/mol. The molecule has 0 saturated heterocycles. The lowest BCUT2D eigenvalue weighted by molar-refractivity contribution is 0.131. The highest BCUT2D eigenvalue weighted by molar-refractivity contribution is 5.49. The molecular weight excluding hydrogens is 344 g/mol. The second kappa shape index (κ2) is 7.79. The summed E-state index contributed by atoms with van der Waals surface area (Å²) < 4.78 is 0. The lowest BCUT2D eigenvalue weighted by Crippen LogP contribution is -2.49. The van der Waals surface area contributed by atoms with Crippen molar-refractivity contribution in [1.82, 2.24) is 5.32 Å². The quantitative estimate of drug-likeness (QED) is 0.794. The van der Waals surface area contributed by atoms with Crippen molar-refractivity contribution >= 4 is 5.69 Å². The fourth-order valence-electron chi connectivity index (χ4n) is 5.78. The van der Waals surface area contributed by atoms with Crippen LogP contribution in [0.25, 0.3) is 0 Å². The van der Waals surface area contributed by atoms with Crippen LogP contribution in [-0.4, -0.2) is 31.8 Å². The molecule has 0 spiro atoms. The van der Waals surface area contributed by atoms with E-state index in [4.69, 9.17) is 0 Å². The first-order valence-electron chi connectivity index (χ1n) is 10.8. The van der Waals surface area contributed by atoms with Crippen LogP contribution in [0.4, 0.5) is 5.69 Å². The summed E-state index contributed by atoms with van der Waals surface area (Å²) in [7, 11) is 4.22. The van der Waals surface area contributed by atoms with Crippen LogP contribution < -0.4 is 10.2 Å². The minimum absolute atomic E-state index is 0.193. The van der Waals surface area contributed by atoms with Gasteiger partial charge in [-0.25, -0.2) is 0 Å². The molecule has 1 saturated carbocycles. The molecule has 3 nitrogen and oxygen atoms in total. The molecule has 2 aromatic carbocycles. The molecule has 2 aromatic rings. The molecule has 28 heavy (non-hydrogen) atoms. The maximum atomic E-state index is 10.1. The number of nitrogens with one attached hydrogen (secondary N) is 1. The Hall–Kier alpha value is -2.00. The van der Waals surface area contributed by atoms with Crippen molar-refractivity contribution in [2.75, 3.05) is 25.5 Å². The Labute approximate surface area is 169 Å². The molecule has 0 bridgehead atoms. The molecule has 1 unspecified atom stereocenters. The van der Waals surface area contributed by atoms with E-state index in [1.807, 2.05) is 12.1 Å². The summed E-state index contributed by atoms with van der Waals surface area (Å²) in [6.07, 6.45) is 7.13. The van der Waals surface area contributed by atoms with E-state index in [1.54, 1.807) is 0 Å². The van der Waals surface area contributed by atoms with Gasteiger partial charge in [-0.2, -0.15) is 0 Å². The number of nitrogens with zero attached hydrogens (tertiary/aromatic N) is 1. The van der Waals surface area contributed by atoms with Crippen molar-refractivity contribution in [2.24, 2.45) is 5.92 Å². The highest BCUT2D eigenvalue weighted by Crippen LogP contribution is 2.52. The van der Waals surface area contributed by atoms with E-state index in [2.05, 4.69) is 61.6 Å². The average Bonchev–Trinajstić information content (AvgIpc) is 2.68. The Morgan fingerprint density at radius 1 is 1.14 bits per heavy atom. The summed E-state index contributed by atoms with van der Waals surface area (Å²) >= 11 is 0. The van der Waals surface area contributed by atoms with Gasteiger partial charge in [0.05, 0.1) is 0 Å². The van der Waals surface area contributed by atoms with Crippen molar-refractivity contribution in [3.63, 3.8) is 0 Å². The molecule has 2 aliphatic carbocycles. The van der Waals surface area contributed by atoms with E-state index in [0.717, 1.165) is 19.4 Å². The maximum Gasteiger partial charge on any atom is 0.115 e. The van der Waals surface area contributed by atoms with E-state index in [1.165, 1.54) is 48.1 Å². The Balaban J connectivity index is 1.73. The molecule has 0 amide bonds. The Bertz CT molecular complexity index is 831. The Morgan fingerprint density at radius 3 is 2.79 bits per heavy atom. The summed E-state index contributed by atoms with van der Waals surface area (Å²) in [5, 5.41) is 13.8. The van der Waals surface area contributed by atoms with Gasteiger partial charge in [0.15, 0.2) is 0 Å². The lowest BCUT2D eigenvalue weighted by atomic mass is 9.54. The number of aryl methyl sites for hydroxylation is 1. The summed E-state index contributed by atoms with van der Waals surface area (Å²) in [6.45, 7) is 3.27. The lowest BCUT2D eigenvalue weighted by Gasteiger charge is -2.51. The molecule has 2 aliphatic rings. The van der Waals surface area contributed by atoms with Crippen molar-refractivity contribution in [3.8, 4) is 5.75 Å². The number of hydrogen-bond donors (Lipinski definition) is 2. The number of rotatable bonds is 5. The van der Waals surface area contributed by atoms with Gasteiger partial charge < -0.3 is 15.3 Å². The minimum Gasteiger partial charge on any atom is -0.508 e. The summed E-state index contributed by atoms with van der Waals surface area (Å²) in [5.41, 5.74) is 5.75. The minimum atomic E-state index is 0.193. The molecule has 3 heteroatoms. The van der Waals surface area contributed by atoms with Gasteiger partial charge in [-0.3, -0.25) is 0 Å². The van der Waals surface area contributed by atoms with Crippen LogP contribution in [-0.2, 0) is 18.3 Å². The van der Waals surface area contributed by atoms with E-state index in [0.29, 0.717) is 17.7 Å². The zero-order valence-electron chi connectivity index (χ0n) is 17.5. The first-order valence-corrected chi connectivity index (χ1v) is 10.8. The van der Waals surface area contributed by atoms with Gasteiger partial charge in [0, 0.05) is 31.2 Å². The first kappa shape index (κ1) is 19.3. The van der Waals surface area contributed by atoms with Crippen molar-refractivity contribution in [2.45, 2.75) is 56.9 Å². The smallest absolute Gasteiger partial charge is 0.115 e. The Kier molecular flexibility index (Phi) is 5.37. The van der Waals surface area contributed by atoms with Crippen LogP contribution in [0.15, 0.2) is 42.5 Å². The normalized spacial score (nSPS) is 26.4. The Morgan fingerprint density at radius 2 is 2.00 bits per heavy atom. The van der Waals surface area contributed by atoms with E-state index >= 15 is 0 Å². The average molecular weight is 379 g/mol. The standard InChI is InChI=1S/C25H34N2O/c1-4-26-21-12-13-25(17-18-6-5-7-22(14-18)27(2)3)20(16-21)9-8-19-15-23(28)10-11-24(19)25/h5-7,10-11,14-15,20-21,26,28H,4,8-9,12-13,16-17H2,1-3H3/t20-,21?,25-/m0/s1. The van der Waals surface area contributed by atoms with Gasteiger partial charge in [0.1, 0.15) is 5.75 Å². The monoisotopic (exact) mass is 378 g/mol. The number of aromatic hydroxyl groups is 1. The number of anilines is 1. The van der Waals surface area contributed by atoms with Gasteiger partial charge in [-0.15, -0.1) is 0 Å². The van der Waals surface area contributed by atoms with Crippen LogP contribution in [0.5, 0.6) is 5.75 Å². The third-order valence-electron chi connectivity index (χ3n) is 7.12. The molecule has 0 heterocycles. The summed E-state index contributed by atoms with van der Waals surface area (Å²) in [5.74, 6) is 1.11. The summed E-state index contributed by atoms with van der Waals surface area (Å²) in [4.78, 5) is 2.19. The second-order valence-corrected chi connectivity index (χ2v) is 9.00. The molecule has 2 N–H and O–H groups in total. The van der Waals surface area contributed by atoms with Crippen molar-refractivity contribution in [3.05, 3.63) is 59.2 Å². The van der Waals surface area contributed by atoms with Gasteiger partial charge in [0.25, 0.3) is 0 Å². The maximum absolute atomic E-state index is 10.1. The molecule has 1 fully saturated rings. The SMILES string of the molecule is CCNC1CC[C@@]2(Cc3cccc(N(C)C)c3)c3ccc(O)cc3CC[C@H]2C1. The molecule has 0 aliphatic heterocycles. The number of phenolic OH excluding ortho intramolecular Hbond substituents is 1. The van der Waals surface area contributed by atoms with Gasteiger partial charge >= 0.3 is 0 Å². The number of phenols is 1. The zero-order chi connectivity index (χ0) is 19.7. The van der Waals surface area contributed by atoms with E-state index < -0.39 is 0 Å². The predicted octanol–water partition coefficient (Wildman–Crippen LogP) is 4.66. The van der Waals surface area contributed by atoms with Crippen molar-refractivity contribution in [1.29, 1.82) is 0 Å². The molecule has 4 rings (SSSR count). The molecule has 0 radical (unpaired) electrons. The highest BCUT2D eigenvalue weighted by atomic mass is 16.3. The largest absolute Gasteiger partial charge is 0.508 e. The number of hydrogen-bond acceptors (Lipinski definition) is 3. The number of benzene rings is 2. The third-order valence-corrected chi connectivity index (χ3v) is 7.12. The molecule has 0 aromatic heterocycles. The van der Waals surface area contributed by atoms with Crippen LogP contribution in [0, 0.1) is 5.92 Å². The van der Waals surface area contributed by atoms with Crippen LogP contribution >= 0.6 is 0 Å². The van der Waals surface area contributed by atoms with E-state index in [-0.39, 0.29) is 5.41 Å². The summed E-state index contributed by atoms with van der Waals surface area (Å²) in [6, 6.07) is 15.8. The van der Waals surface area contributed by atoms with Gasteiger partial charge in [-0.05, 0) is 91.9 Å².